The van der Waals surface area contributed by atoms with Crippen LogP contribution in [0.2, 0.25) is 0 Å². The van der Waals surface area contributed by atoms with Gasteiger partial charge in [0.1, 0.15) is 23.2 Å². The molecule has 1 amide bonds. The Kier molecular flexibility index (Phi) is 5.62. The summed E-state index contributed by atoms with van der Waals surface area (Å²) >= 11 is 2.92. The standard InChI is InChI=1S/C13H14BrF2NO3/c1-6(2)11(13(19)20-3)17-12(18)10-8(15)4-7(14)5-9(10)16/h4-6,11H,1-3H3,(H,17,18). The highest BCUT2D eigenvalue weighted by Gasteiger charge is 2.28. The Bertz CT molecular complexity index is 511. The minimum absolute atomic E-state index is 0.178. The molecule has 0 bridgehead atoms. The number of methoxy groups -OCH3 is 1. The van der Waals surface area contributed by atoms with Crippen LogP contribution in [0.3, 0.4) is 0 Å². The minimum Gasteiger partial charge on any atom is -0.467 e. The van der Waals surface area contributed by atoms with E-state index in [1.807, 2.05) is 0 Å². The zero-order valence-electron chi connectivity index (χ0n) is 11.2. The molecule has 0 radical (unpaired) electrons. The number of halogens is 3. The lowest BCUT2D eigenvalue weighted by atomic mass is 10.0. The van der Waals surface area contributed by atoms with Gasteiger partial charge in [-0.15, -0.1) is 0 Å². The summed E-state index contributed by atoms with van der Waals surface area (Å²) in [5.41, 5.74) is -0.734. The lowest BCUT2D eigenvalue weighted by Gasteiger charge is -2.20. The summed E-state index contributed by atoms with van der Waals surface area (Å²) in [5, 5.41) is 2.28. The summed E-state index contributed by atoms with van der Waals surface area (Å²) in [6.45, 7) is 3.35. The van der Waals surface area contributed by atoms with Gasteiger partial charge in [0, 0.05) is 4.47 Å². The van der Waals surface area contributed by atoms with Crippen molar-refractivity contribution in [3.05, 3.63) is 33.8 Å². The third-order valence-electron chi connectivity index (χ3n) is 2.64. The predicted octanol–water partition coefficient (Wildman–Crippen LogP) is 2.65. The maximum absolute atomic E-state index is 13.6. The van der Waals surface area contributed by atoms with Crippen LogP contribution in [0.5, 0.6) is 0 Å². The molecule has 1 rings (SSSR count). The predicted molar refractivity (Wildman–Crippen MR) is 72.2 cm³/mol. The summed E-state index contributed by atoms with van der Waals surface area (Å²) in [7, 11) is 1.17. The van der Waals surface area contributed by atoms with E-state index in [-0.39, 0.29) is 10.4 Å². The molecule has 1 N–H and O–H groups in total. The van der Waals surface area contributed by atoms with Gasteiger partial charge in [-0.25, -0.2) is 13.6 Å². The number of carbonyl (C=O) groups excluding carboxylic acids is 2. The van der Waals surface area contributed by atoms with Gasteiger partial charge in [-0.3, -0.25) is 4.79 Å². The van der Waals surface area contributed by atoms with Gasteiger partial charge >= 0.3 is 5.97 Å². The molecule has 0 saturated carbocycles. The Morgan fingerprint density at radius 2 is 1.75 bits per heavy atom. The maximum atomic E-state index is 13.6. The average molecular weight is 350 g/mol. The number of esters is 1. The van der Waals surface area contributed by atoms with Gasteiger partial charge in [-0.05, 0) is 18.1 Å². The normalized spacial score (nSPS) is 12.2. The Labute approximate surface area is 123 Å². The monoisotopic (exact) mass is 349 g/mol. The average Bonchev–Trinajstić information content (AvgIpc) is 2.33. The van der Waals surface area contributed by atoms with Gasteiger partial charge < -0.3 is 10.1 Å². The number of amides is 1. The van der Waals surface area contributed by atoms with Crippen molar-refractivity contribution in [3.63, 3.8) is 0 Å². The lowest BCUT2D eigenvalue weighted by Crippen LogP contribution is -2.45. The van der Waals surface area contributed by atoms with Crippen molar-refractivity contribution in [2.45, 2.75) is 19.9 Å². The largest absolute Gasteiger partial charge is 0.467 e. The summed E-state index contributed by atoms with van der Waals surface area (Å²) < 4.78 is 32.0. The first-order chi connectivity index (χ1) is 9.27. The Balaban J connectivity index is 3.04. The van der Waals surface area contributed by atoms with E-state index in [1.54, 1.807) is 13.8 Å². The molecule has 0 aromatic heterocycles. The van der Waals surface area contributed by atoms with Crippen LogP contribution in [0.25, 0.3) is 0 Å². The third-order valence-corrected chi connectivity index (χ3v) is 3.10. The lowest BCUT2D eigenvalue weighted by molar-refractivity contribution is -0.144. The SMILES string of the molecule is COC(=O)C(NC(=O)c1c(F)cc(Br)cc1F)C(C)C. The number of benzene rings is 1. The first-order valence-corrected chi connectivity index (χ1v) is 6.60. The van der Waals surface area contributed by atoms with Gasteiger partial charge in [0.25, 0.3) is 5.91 Å². The fraction of sp³-hybridized carbons (Fsp3) is 0.385. The molecule has 0 saturated heterocycles. The van der Waals surface area contributed by atoms with Gasteiger partial charge in [-0.2, -0.15) is 0 Å². The molecule has 0 fully saturated rings. The van der Waals surface area contributed by atoms with Gasteiger partial charge in [0.2, 0.25) is 0 Å². The Morgan fingerprint density at radius 3 is 2.15 bits per heavy atom. The second-order valence-electron chi connectivity index (χ2n) is 4.46. The summed E-state index contributed by atoms with van der Waals surface area (Å²) in [4.78, 5) is 23.4. The van der Waals surface area contributed by atoms with Gasteiger partial charge in [0.05, 0.1) is 7.11 Å². The van der Waals surface area contributed by atoms with Crippen molar-refractivity contribution in [3.8, 4) is 0 Å². The van der Waals surface area contributed by atoms with Crippen LogP contribution in [0, 0.1) is 17.6 Å². The van der Waals surface area contributed by atoms with Crippen LogP contribution < -0.4 is 5.32 Å². The molecule has 4 nitrogen and oxygen atoms in total. The molecule has 1 unspecified atom stereocenters. The van der Waals surface area contributed by atoms with Crippen LogP contribution in [0.1, 0.15) is 24.2 Å². The van der Waals surface area contributed by atoms with Crippen molar-refractivity contribution in [1.82, 2.24) is 5.32 Å². The quantitative estimate of drug-likeness (QED) is 0.850. The van der Waals surface area contributed by atoms with E-state index in [0.29, 0.717) is 0 Å². The smallest absolute Gasteiger partial charge is 0.328 e. The molecule has 0 spiro atoms. The summed E-state index contributed by atoms with van der Waals surface area (Å²) in [6.07, 6.45) is 0. The zero-order chi connectivity index (χ0) is 15.4. The highest BCUT2D eigenvalue weighted by atomic mass is 79.9. The molecular weight excluding hydrogens is 336 g/mol. The van der Waals surface area contributed by atoms with E-state index in [9.17, 15) is 18.4 Å². The summed E-state index contributed by atoms with van der Waals surface area (Å²) in [5.74, 6) is -3.99. The number of nitrogens with one attached hydrogen (secondary N) is 1. The number of carbonyl (C=O) groups is 2. The molecule has 20 heavy (non-hydrogen) atoms. The molecule has 1 aromatic rings. The fourth-order valence-corrected chi connectivity index (χ4v) is 2.00. The van der Waals surface area contributed by atoms with Crippen LogP contribution in [-0.4, -0.2) is 25.0 Å². The third kappa shape index (κ3) is 3.75. The van der Waals surface area contributed by atoms with Gasteiger partial charge in [-0.1, -0.05) is 29.8 Å². The van der Waals surface area contributed by atoms with E-state index in [4.69, 9.17) is 0 Å². The van der Waals surface area contributed by atoms with Crippen LogP contribution in [-0.2, 0) is 9.53 Å². The molecule has 0 aliphatic heterocycles. The Hall–Kier alpha value is -1.50. The highest BCUT2D eigenvalue weighted by Crippen LogP contribution is 2.19. The molecule has 7 heteroatoms. The second-order valence-corrected chi connectivity index (χ2v) is 5.38. The zero-order valence-corrected chi connectivity index (χ0v) is 12.8. The van der Waals surface area contributed by atoms with E-state index in [1.165, 1.54) is 7.11 Å². The summed E-state index contributed by atoms with van der Waals surface area (Å²) in [6, 6.07) is 0.969. The fourth-order valence-electron chi connectivity index (χ4n) is 1.60. The minimum atomic E-state index is -1.01. The van der Waals surface area contributed by atoms with Crippen LogP contribution >= 0.6 is 15.9 Å². The number of hydrogen-bond acceptors (Lipinski definition) is 3. The number of rotatable bonds is 4. The van der Waals surface area contributed by atoms with Crippen molar-refractivity contribution < 1.29 is 23.1 Å². The first-order valence-electron chi connectivity index (χ1n) is 5.81. The molecule has 1 atom stereocenters. The molecular formula is C13H14BrF2NO3. The van der Waals surface area contributed by atoms with E-state index in [0.717, 1.165) is 12.1 Å². The molecule has 0 aliphatic carbocycles. The van der Waals surface area contributed by atoms with Crippen molar-refractivity contribution in [1.29, 1.82) is 0 Å². The van der Waals surface area contributed by atoms with Crippen molar-refractivity contribution in [2.24, 2.45) is 5.92 Å². The number of hydrogen-bond donors (Lipinski definition) is 1. The number of ether oxygens (including phenoxy) is 1. The molecule has 0 heterocycles. The second kappa shape index (κ2) is 6.78. The van der Waals surface area contributed by atoms with Crippen LogP contribution in [0.15, 0.2) is 16.6 Å². The molecule has 1 aromatic carbocycles. The van der Waals surface area contributed by atoms with Crippen LogP contribution in [0.4, 0.5) is 8.78 Å². The van der Waals surface area contributed by atoms with E-state index >= 15 is 0 Å². The highest BCUT2D eigenvalue weighted by molar-refractivity contribution is 9.10. The van der Waals surface area contributed by atoms with Crippen molar-refractivity contribution in [2.75, 3.05) is 7.11 Å². The van der Waals surface area contributed by atoms with E-state index in [2.05, 4.69) is 26.0 Å². The maximum Gasteiger partial charge on any atom is 0.328 e. The first kappa shape index (κ1) is 16.6. The molecule has 0 aliphatic rings. The van der Waals surface area contributed by atoms with Crippen molar-refractivity contribution >= 4 is 27.8 Å². The Morgan fingerprint density at radius 1 is 1.25 bits per heavy atom. The van der Waals surface area contributed by atoms with Gasteiger partial charge in [0.15, 0.2) is 0 Å². The molecule has 110 valence electrons. The van der Waals surface area contributed by atoms with E-state index < -0.39 is 35.1 Å². The topological polar surface area (TPSA) is 55.4 Å².